The number of hydrogen-bond acceptors (Lipinski definition) is 2. The van der Waals surface area contributed by atoms with Gasteiger partial charge in [-0.15, -0.1) is 0 Å². The van der Waals surface area contributed by atoms with Crippen LogP contribution >= 0.6 is 0 Å². The van der Waals surface area contributed by atoms with Crippen molar-refractivity contribution in [1.82, 2.24) is 0 Å². The molecule has 0 N–H and O–H groups in total. The molecule has 0 heterocycles. The van der Waals surface area contributed by atoms with E-state index in [0.717, 1.165) is 10.8 Å². The van der Waals surface area contributed by atoms with E-state index in [0.29, 0.717) is 16.7 Å². The van der Waals surface area contributed by atoms with Gasteiger partial charge in [0.05, 0.1) is 23.3 Å². The van der Waals surface area contributed by atoms with Crippen LogP contribution in [0.4, 0.5) is 0 Å². The first kappa shape index (κ1) is 9.24. The molecule has 2 nitrogen and oxygen atoms in total. The van der Waals surface area contributed by atoms with Gasteiger partial charge in [0.15, 0.2) is 0 Å². The van der Waals surface area contributed by atoms with Crippen molar-refractivity contribution in [3.63, 3.8) is 0 Å². The van der Waals surface area contributed by atoms with Crippen molar-refractivity contribution in [2.45, 2.75) is 0 Å². The quantitative estimate of drug-likeness (QED) is 0.642. The van der Waals surface area contributed by atoms with Crippen LogP contribution in [0.25, 0.3) is 10.8 Å². The van der Waals surface area contributed by atoms with Gasteiger partial charge in [-0.25, -0.2) is 0 Å². The molecule has 0 atom stereocenters. The summed E-state index contributed by atoms with van der Waals surface area (Å²) in [5, 5.41) is 19.6. The van der Waals surface area contributed by atoms with Crippen LogP contribution < -0.4 is 0 Å². The molecular weight excluding hydrogens is 184 g/mol. The molecule has 15 heavy (non-hydrogen) atoms. The summed E-state index contributed by atoms with van der Waals surface area (Å²) in [6.07, 6.45) is 0. The van der Waals surface area contributed by atoms with E-state index in [1.165, 1.54) is 0 Å². The zero-order chi connectivity index (χ0) is 10.8. The van der Waals surface area contributed by atoms with E-state index < -0.39 is 0 Å². The van der Waals surface area contributed by atoms with Crippen LogP contribution in [0.2, 0.25) is 0 Å². The fourth-order valence-corrected chi connectivity index (χ4v) is 1.63. The van der Waals surface area contributed by atoms with Gasteiger partial charge in [-0.05, 0) is 29.3 Å². The Kier molecular flexibility index (Phi) is 2.12. The van der Waals surface area contributed by atoms with Crippen molar-refractivity contribution < 1.29 is 0 Å². The summed E-state index contributed by atoms with van der Waals surface area (Å²) in [7, 11) is 0. The highest BCUT2D eigenvalue weighted by atomic mass is 14.3. The topological polar surface area (TPSA) is 47.6 Å². The molecule has 2 heteroatoms. The minimum absolute atomic E-state index is 0.463. The molecule has 2 aromatic carbocycles. The van der Waals surface area contributed by atoms with Crippen molar-refractivity contribution in [3.05, 3.63) is 53.9 Å². The predicted molar refractivity (Wildman–Crippen MR) is 57.8 cm³/mol. The minimum Gasteiger partial charge on any atom is -0.192 e. The highest BCUT2D eigenvalue weighted by Gasteiger charge is 2.07. The van der Waals surface area contributed by atoms with Gasteiger partial charge in [-0.2, -0.15) is 10.5 Å². The zero-order valence-corrected chi connectivity index (χ0v) is 7.99. The Morgan fingerprint density at radius 3 is 2.13 bits per heavy atom. The van der Waals surface area contributed by atoms with Crippen LogP contribution in [0.3, 0.4) is 0 Å². The van der Waals surface area contributed by atoms with Crippen molar-refractivity contribution in [2.75, 3.05) is 0 Å². The summed E-state index contributed by atoms with van der Waals surface area (Å²) in [4.78, 5) is 0. The molecule has 2 aromatic rings. The first-order valence-electron chi connectivity index (χ1n) is 4.46. The molecule has 0 bridgehead atoms. The maximum Gasteiger partial charge on any atom is 0.0998 e. The minimum atomic E-state index is 0.463. The molecule has 0 aromatic heterocycles. The molecule has 0 aliphatic carbocycles. The van der Waals surface area contributed by atoms with Crippen LogP contribution in [0.5, 0.6) is 0 Å². The maximum absolute atomic E-state index is 8.97. The van der Waals surface area contributed by atoms with Gasteiger partial charge in [0.1, 0.15) is 0 Å². The lowest BCUT2D eigenvalue weighted by Gasteiger charge is -2.05. The molecule has 0 aliphatic rings. The van der Waals surface area contributed by atoms with Crippen LogP contribution in [-0.2, 0) is 0 Å². The largest absolute Gasteiger partial charge is 0.192 e. The molecule has 1 radical (unpaired) electrons. The van der Waals surface area contributed by atoms with Gasteiger partial charge in [-0.3, -0.25) is 0 Å². The van der Waals surface area contributed by atoms with Crippen molar-refractivity contribution in [3.8, 4) is 12.1 Å². The first-order valence-corrected chi connectivity index (χ1v) is 4.46. The van der Waals surface area contributed by atoms with Crippen molar-refractivity contribution >= 4 is 10.8 Å². The summed E-state index contributed by atoms with van der Waals surface area (Å²) in [6.45, 7) is 3.86. The van der Waals surface area contributed by atoms with E-state index in [1.807, 2.05) is 30.3 Å². The predicted octanol–water partition coefficient (Wildman–Crippen LogP) is 2.77. The van der Waals surface area contributed by atoms with Gasteiger partial charge in [0.25, 0.3) is 0 Å². The third-order valence-electron chi connectivity index (χ3n) is 2.40. The second-order valence-electron chi connectivity index (χ2n) is 3.22. The smallest absolute Gasteiger partial charge is 0.0998 e. The highest BCUT2D eigenvalue weighted by Crippen LogP contribution is 2.24. The molecule has 0 spiro atoms. The Hall–Kier alpha value is -2.32. The summed E-state index contributed by atoms with van der Waals surface area (Å²) >= 11 is 0. The average Bonchev–Trinajstić information content (AvgIpc) is 2.30. The van der Waals surface area contributed by atoms with E-state index in [2.05, 4.69) is 13.0 Å². The van der Waals surface area contributed by atoms with Crippen LogP contribution in [0, 0.1) is 29.6 Å². The summed E-state index contributed by atoms with van der Waals surface area (Å²) in [6, 6.07) is 13.2. The van der Waals surface area contributed by atoms with E-state index in [1.54, 1.807) is 6.07 Å². The normalized spacial score (nSPS) is 9.53. The lowest BCUT2D eigenvalue weighted by atomic mass is 9.96. The Balaban J connectivity index is 3.00. The first-order chi connectivity index (χ1) is 7.27. The molecule has 0 aliphatic heterocycles. The van der Waals surface area contributed by atoms with Crippen LogP contribution in [-0.4, -0.2) is 0 Å². The number of rotatable bonds is 0. The van der Waals surface area contributed by atoms with Gasteiger partial charge in [0, 0.05) is 0 Å². The summed E-state index contributed by atoms with van der Waals surface area (Å²) in [5.41, 5.74) is 1.67. The molecule has 2 rings (SSSR count). The van der Waals surface area contributed by atoms with Gasteiger partial charge in [-0.1, -0.05) is 24.3 Å². The Bertz CT molecular complexity index is 613. The third kappa shape index (κ3) is 1.33. The van der Waals surface area contributed by atoms with Crippen molar-refractivity contribution in [2.24, 2.45) is 0 Å². The summed E-state index contributed by atoms with van der Waals surface area (Å²) in [5.74, 6) is 0. The molecule has 0 saturated heterocycles. The third-order valence-corrected chi connectivity index (χ3v) is 2.40. The SMILES string of the molecule is [CH2]c1c(C#N)cc(C#N)c2ccccc12. The summed E-state index contributed by atoms with van der Waals surface area (Å²) < 4.78 is 0. The Morgan fingerprint density at radius 2 is 1.53 bits per heavy atom. The van der Waals surface area contributed by atoms with Gasteiger partial charge in [0.2, 0.25) is 0 Å². The molecule has 0 saturated carbocycles. The number of benzene rings is 2. The maximum atomic E-state index is 8.97. The number of hydrogen-bond donors (Lipinski definition) is 0. The zero-order valence-electron chi connectivity index (χ0n) is 7.99. The fourth-order valence-electron chi connectivity index (χ4n) is 1.63. The van der Waals surface area contributed by atoms with Gasteiger partial charge < -0.3 is 0 Å². The Labute approximate surface area is 88.0 Å². The lowest BCUT2D eigenvalue weighted by Crippen LogP contribution is -1.88. The second-order valence-corrected chi connectivity index (χ2v) is 3.22. The molecule has 0 unspecified atom stereocenters. The molecular formula is C13H7N2. The van der Waals surface area contributed by atoms with E-state index in [4.69, 9.17) is 10.5 Å². The molecule has 0 fully saturated rings. The standard InChI is InChI=1S/C13H7N2/c1-9-10(7-14)6-11(8-15)13-5-3-2-4-12(9)13/h2-6H,1H2. The highest BCUT2D eigenvalue weighted by molar-refractivity contribution is 5.92. The number of nitrogens with zero attached hydrogens (tertiary/aromatic N) is 2. The van der Waals surface area contributed by atoms with E-state index in [9.17, 15) is 0 Å². The fraction of sp³-hybridized carbons (Fsp3) is 0. The Morgan fingerprint density at radius 1 is 0.933 bits per heavy atom. The van der Waals surface area contributed by atoms with E-state index in [-0.39, 0.29) is 0 Å². The van der Waals surface area contributed by atoms with E-state index >= 15 is 0 Å². The number of fused-ring (bicyclic) bond motifs is 1. The monoisotopic (exact) mass is 191 g/mol. The van der Waals surface area contributed by atoms with Gasteiger partial charge >= 0.3 is 0 Å². The van der Waals surface area contributed by atoms with Crippen molar-refractivity contribution in [1.29, 1.82) is 10.5 Å². The lowest BCUT2D eigenvalue weighted by molar-refractivity contribution is 1.45. The second kappa shape index (κ2) is 3.44. The number of nitriles is 2. The van der Waals surface area contributed by atoms with Crippen LogP contribution in [0.15, 0.2) is 30.3 Å². The molecule has 69 valence electrons. The molecule has 0 amide bonds. The average molecular weight is 191 g/mol. The van der Waals surface area contributed by atoms with Crippen LogP contribution in [0.1, 0.15) is 16.7 Å².